The molecule has 1 saturated heterocycles. The Balaban J connectivity index is 1.38. The molecule has 4 rings (SSSR count). The fourth-order valence-corrected chi connectivity index (χ4v) is 4.65. The molecule has 0 atom stereocenters. The summed E-state index contributed by atoms with van der Waals surface area (Å²) in [4.78, 5) is 16.2. The van der Waals surface area contributed by atoms with E-state index in [4.69, 9.17) is 0 Å². The van der Waals surface area contributed by atoms with E-state index < -0.39 is 0 Å². The highest BCUT2D eigenvalue weighted by Crippen LogP contribution is 2.26. The van der Waals surface area contributed by atoms with Crippen LogP contribution in [0.4, 0.5) is 5.69 Å². The van der Waals surface area contributed by atoms with Crippen molar-refractivity contribution in [3.05, 3.63) is 59.2 Å². The summed E-state index contributed by atoms with van der Waals surface area (Å²) in [7, 11) is 0. The molecular weight excluding hydrogens is 388 g/mol. The minimum Gasteiger partial charge on any atom is -0.507 e. The normalized spacial score (nSPS) is 17.3. The summed E-state index contributed by atoms with van der Waals surface area (Å²) < 4.78 is 0. The number of anilines is 1. The lowest BCUT2D eigenvalue weighted by Crippen LogP contribution is -3.11. The van der Waals surface area contributed by atoms with Crippen LogP contribution in [0.15, 0.2) is 47.6 Å². The number of hydrogen-bond acceptors (Lipinski definition) is 4. The molecule has 2 aliphatic heterocycles. The zero-order valence-electron chi connectivity index (χ0n) is 18.4. The second-order valence-electron chi connectivity index (χ2n) is 8.72. The lowest BCUT2D eigenvalue weighted by Gasteiger charge is -2.30. The van der Waals surface area contributed by atoms with E-state index >= 15 is 0 Å². The molecule has 0 bridgehead atoms. The number of amides is 1. The van der Waals surface area contributed by atoms with Crippen LogP contribution in [0.3, 0.4) is 0 Å². The number of carbonyl (C=O) groups excluding carboxylic acids is 1. The maximum atomic E-state index is 12.5. The van der Waals surface area contributed by atoms with Crippen molar-refractivity contribution in [1.29, 1.82) is 0 Å². The number of benzene rings is 2. The summed E-state index contributed by atoms with van der Waals surface area (Å²) in [6.07, 6.45) is 5.94. The third-order valence-corrected chi connectivity index (χ3v) is 6.39. The Morgan fingerprint density at radius 3 is 2.77 bits per heavy atom. The summed E-state index contributed by atoms with van der Waals surface area (Å²) in [5.74, 6) is 0.218. The SMILES string of the molecule is C/C(=N\NC(=O)CN1CCCc2ccccc21)c1ccc(O)c(C[NH+]2CCCCC2)c1. The van der Waals surface area contributed by atoms with Gasteiger partial charge in [0.2, 0.25) is 0 Å². The Labute approximate surface area is 184 Å². The quantitative estimate of drug-likeness (QED) is 0.495. The molecule has 31 heavy (non-hydrogen) atoms. The fraction of sp³-hybridized carbons (Fsp3) is 0.440. The molecule has 2 aromatic carbocycles. The number of para-hydroxylation sites is 1. The topological polar surface area (TPSA) is 69.4 Å². The summed E-state index contributed by atoms with van der Waals surface area (Å²) in [6, 6.07) is 13.9. The maximum Gasteiger partial charge on any atom is 0.259 e. The molecule has 2 heterocycles. The second kappa shape index (κ2) is 9.96. The molecular formula is C25H33N4O2+. The van der Waals surface area contributed by atoms with E-state index in [0.717, 1.165) is 61.5 Å². The first kappa shape index (κ1) is 21.4. The first-order valence-electron chi connectivity index (χ1n) is 11.4. The maximum absolute atomic E-state index is 12.5. The van der Waals surface area contributed by atoms with Gasteiger partial charge >= 0.3 is 0 Å². The zero-order valence-corrected chi connectivity index (χ0v) is 18.4. The van der Waals surface area contributed by atoms with Gasteiger partial charge in [-0.2, -0.15) is 5.10 Å². The molecule has 164 valence electrons. The van der Waals surface area contributed by atoms with Gasteiger partial charge in [0.25, 0.3) is 5.91 Å². The third kappa shape index (κ3) is 5.44. The number of fused-ring (bicyclic) bond motifs is 1. The van der Waals surface area contributed by atoms with E-state index in [2.05, 4.69) is 33.6 Å². The molecule has 1 fully saturated rings. The van der Waals surface area contributed by atoms with Gasteiger partial charge in [0, 0.05) is 17.8 Å². The number of quaternary nitrogens is 1. The highest BCUT2D eigenvalue weighted by Gasteiger charge is 2.19. The van der Waals surface area contributed by atoms with E-state index in [1.807, 2.05) is 25.1 Å². The van der Waals surface area contributed by atoms with Gasteiger partial charge in [-0.1, -0.05) is 18.2 Å². The average molecular weight is 422 g/mol. The number of aromatic hydroxyl groups is 1. The second-order valence-corrected chi connectivity index (χ2v) is 8.72. The minimum absolute atomic E-state index is 0.118. The predicted molar refractivity (Wildman–Crippen MR) is 124 cm³/mol. The number of aryl methyl sites for hydroxylation is 1. The van der Waals surface area contributed by atoms with Gasteiger partial charge in [-0.05, 0) is 74.4 Å². The van der Waals surface area contributed by atoms with Gasteiger partial charge < -0.3 is 14.9 Å². The van der Waals surface area contributed by atoms with Crippen LogP contribution in [-0.4, -0.2) is 42.9 Å². The Bertz CT molecular complexity index is 950. The molecule has 0 saturated carbocycles. The van der Waals surface area contributed by atoms with Crippen molar-refractivity contribution in [1.82, 2.24) is 5.43 Å². The van der Waals surface area contributed by atoms with Crippen LogP contribution in [0.1, 0.15) is 49.3 Å². The smallest absolute Gasteiger partial charge is 0.259 e. The predicted octanol–water partition coefficient (Wildman–Crippen LogP) is 2.25. The molecule has 3 N–H and O–H groups in total. The standard InChI is InChI=1S/C25H32N4O2/c1-19(21-11-12-24(30)22(16-21)17-28-13-5-2-6-14-28)26-27-25(31)18-29-15-7-9-20-8-3-4-10-23(20)29/h3-4,8,10-12,16,30H,2,5-7,9,13-15,17-18H2,1H3,(H,27,31)/p+1/b26-19+. The van der Waals surface area contributed by atoms with E-state index in [1.165, 1.54) is 29.7 Å². The number of nitrogens with one attached hydrogen (secondary N) is 2. The minimum atomic E-state index is -0.118. The lowest BCUT2D eigenvalue weighted by molar-refractivity contribution is -0.918. The highest BCUT2D eigenvalue weighted by atomic mass is 16.3. The molecule has 0 spiro atoms. The van der Waals surface area contributed by atoms with Crippen molar-refractivity contribution < 1.29 is 14.8 Å². The lowest BCUT2D eigenvalue weighted by atomic mass is 10.0. The van der Waals surface area contributed by atoms with Crippen LogP contribution in [0.2, 0.25) is 0 Å². The monoisotopic (exact) mass is 421 g/mol. The zero-order chi connectivity index (χ0) is 21.6. The van der Waals surface area contributed by atoms with E-state index in [9.17, 15) is 9.90 Å². The number of carbonyl (C=O) groups is 1. The van der Waals surface area contributed by atoms with Crippen molar-refractivity contribution in [2.45, 2.75) is 45.6 Å². The Morgan fingerprint density at radius 2 is 1.94 bits per heavy atom. The van der Waals surface area contributed by atoms with Gasteiger partial charge in [-0.15, -0.1) is 0 Å². The van der Waals surface area contributed by atoms with Crippen molar-refractivity contribution >= 4 is 17.3 Å². The summed E-state index contributed by atoms with van der Waals surface area (Å²) >= 11 is 0. The Hall–Kier alpha value is -2.86. The third-order valence-electron chi connectivity index (χ3n) is 6.39. The molecule has 2 aliphatic rings. The van der Waals surface area contributed by atoms with E-state index in [0.29, 0.717) is 12.3 Å². The number of piperidine rings is 1. The average Bonchev–Trinajstić information content (AvgIpc) is 2.80. The molecule has 0 aliphatic carbocycles. The van der Waals surface area contributed by atoms with Crippen molar-refractivity contribution in [3.8, 4) is 5.75 Å². The Kier molecular flexibility index (Phi) is 6.87. The van der Waals surface area contributed by atoms with Crippen LogP contribution >= 0.6 is 0 Å². The van der Waals surface area contributed by atoms with Crippen molar-refractivity contribution in [3.63, 3.8) is 0 Å². The molecule has 0 radical (unpaired) electrons. The number of likely N-dealkylation sites (tertiary alicyclic amines) is 1. The van der Waals surface area contributed by atoms with E-state index in [-0.39, 0.29) is 5.91 Å². The molecule has 2 aromatic rings. The molecule has 6 nitrogen and oxygen atoms in total. The van der Waals surface area contributed by atoms with Crippen molar-refractivity contribution in [2.75, 3.05) is 31.1 Å². The van der Waals surface area contributed by atoms with Gasteiger partial charge in [0.05, 0.1) is 25.3 Å². The van der Waals surface area contributed by atoms with Crippen LogP contribution in [0.25, 0.3) is 0 Å². The first-order valence-corrected chi connectivity index (χ1v) is 11.4. The summed E-state index contributed by atoms with van der Waals surface area (Å²) in [5.41, 5.74) is 7.77. The van der Waals surface area contributed by atoms with Crippen LogP contribution < -0.4 is 15.2 Å². The van der Waals surface area contributed by atoms with E-state index in [1.54, 1.807) is 6.07 Å². The van der Waals surface area contributed by atoms with Gasteiger partial charge in [-0.3, -0.25) is 4.79 Å². The number of phenolic OH excluding ortho intramolecular Hbond substituents is 1. The van der Waals surface area contributed by atoms with Gasteiger partial charge in [0.15, 0.2) is 0 Å². The molecule has 6 heteroatoms. The fourth-order valence-electron chi connectivity index (χ4n) is 4.65. The molecule has 0 aromatic heterocycles. The summed E-state index contributed by atoms with van der Waals surface area (Å²) in [6.45, 7) is 6.22. The van der Waals surface area contributed by atoms with Crippen molar-refractivity contribution in [2.24, 2.45) is 5.10 Å². The molecule has 1 amide bonds. The van der Waals surface area contributed by atoms with Crippen LogP contribution in [-0.2, 0) is 17.8 Å². The van der Waals surface area contributed by atoms with Gasteiger partial charge in [-0.25, -0.2) is 5.43 Å². The molecule has 0 unspecified atom stereocenters. The Morgan fingerprint density at radius 1 is 1.13 bits per heavy atom. The van der Waals surface area contributed by atoms with Crippen LogP contribution in [0, 0.1) is 0 Å². The number of hydrazone groups is 1. The number of phenols is 1. The number of rotatable bonds is 6. The summed E-state index contributed by atoms with van der Waals surface area (Å²) in [5, 5.41) is 14.6. The first-order chi connectivity index (χ1) is 15.1. The van der Waals surface area contributed by atoms with Crippen LogP contribution in [0.5, 0.6) is 5.75 Å². The number of nitrogens with zero attached hydrogens (tertiary/aromatic N) is 2. The largest absolute Gasteiger partial charge is 0.507 e. The number of hydrogen-bond donors (Lipinski definition) is 3. The van der Waals surface area contributed by atoms with Gasteiger partial charge in [0.1, 0.15) is 12.3 Å². The highest BCUT2D eigenvalue weighted by molar-refractivity contribution is 5.99.